The van der Waals surface area contributed by atoms with Gasteiger partial charge in [-0.2, -0.15) is 5.10 Å². The number of hydrogen-bond acceptors (Lipinski definition) is 6. The fourth-order valence-corrected chi connectivity index (χ4v) is 3.29. The molecular weight excluding hydrogens is 324 g/mol. The van der Waals surface area contributed by atoms with Gasteiger partial charge in [0.15, 0.2) is 0 Å². The van der Waals surface area contributed by atoms with Gasteiger partial charge < -0.3 is 20.1 Å². The van der Waals surface area contributed by atoms with Crippen LogP contribution >= 0.6 is 11.6 Å². The van der Waals surface area contributed by atoms with Crippen LogP contribution in [0, 0.1) is 0 Å². The van der Waals surface area contributed by atoms with E-state index in [4.69, 9.17) is 16.3 Å². The van der Waals surface area contributed by atoms with E-state index in [0.717, 1.165) is 12.8 Å². The first-order chi connectivity index (χ1) is 11.0. The Balaban J connectivity index is 1.54. The average molecular weight is 343 g/mol. The fraction of sp³-hybridized carbons (Fsp3) is 0.643. The number of alkyl carbamates (subject to hydrolysis) is 1. The molecule has 1 saturated carbocycles. The number of aromatic amines is 1. The highest BCUT2D eigenvalue weighted by molar-refractivity contribution is 6.33. The summed E-state index contributed by atoms with van der Waals surface area (Å²) in [6, 6.07) is -0.230. The van der Waals surface area contributed by atoms with Gasteiger partial charge in [-0.05, 0) is 19.3 Å². The quantitative estimate of drug-likeness (QED) is 0.744. The lowest BCUT2D eigenvalue weighted by molar-refractivity contribution is 0.0916. The maximum absolute atomic E-state index is 11.9. The lowest BCUT2D eigenvalue weighted by atomic mass is 10.2. The molecule has 3 rings (SSSR count). The summed E-state index contributed by atoms with van der Waals surface area (Å²) in [5.41, 5.74) is 0.0923. The van der Waals surface area contributed by atoms with Crippen LogP contribution in [-0.4, -0.2) is 52.7 Å². The summed E-state index contributed by atoms with van der Waals surface area (Å²) < 4.78 is 5.39. The Morgan fingerprint density at radius 2 is 2.30 bits per heavy atom. The van der Waals surface area contributed by atoms with Crippen LogP contribution in [0.25, 0.3) is 0 Å². The third-order valence-electron chi connectivity index (χ3n) is 4.32. The van der Waals surface area contributed by atoms with E-state index in [2.05, 4.69) is 15.5 Å². The third kappa shape index (κ3) is 3.59. The minimum Gasteiger partial charge on any atom is -0.444 e. The number of nitrogens with one attached hydrogen (secondary N) is 2. The maximum atomic E-state index is 11.9. The zero-order valence-corrected chi connectivity index (χ0v) is 13.3. The van der Waals surface area contributed by atoms with Crippen molar-refractivity contribution in [2.45, 2.75) is 43.9 Å². The molecule has 2 aliphatic rings. The van der Waals surface area contributed by atoms with Crippen LogP contribution in [-0.2, 0) is 4.74 Å². The molecule has 3 N–H and O–H groups in total. The summed E-state index contributed by atoms with van der Waals surface area (Å²) in [6.45, 7) is 1.07. The van der Waals surface area contributed by atoms with Gasteiger partial charge in [0, 0.05) is 13.0 Å². The van der Waals surface area contributed by atoms with Crippen molar-refractivity contribution in [1.29, 1.82) is 0 Å². The summed E-state index contributed by atoms with van der Waals surface area (Å²) in [4.78, 5) is 25.3. The molecule has 1 saturated heterocycles. The van der Waals surface area contributed by atoms with Crippen molar-refractivity contribution in [3.8, 4) is 0 Å². The molecular formula is C14H19ClN4O4. The first kappa shape index (κ1) is 16.1. The van der Waals surface area contributed by atoms with E-state index in [1.165, 1.54) is 6.20 Å². The molecule has 3 atom stereocenters. The second-order valence-electron chi connectivity index (χ2n) is 5.91. The number of aliphatic hydroxyl groups is 1. The maximum Gasteiger partial charge on any atom is 0.407 e. The SMILES string of the molecule is O=C(N[C@H]1CCC[C@H]1O)O[C@@H]1CCN(c2cn[nH]c(=O)c2Cl)C1. The first-order valence-electron chi connectivity index (χ1n) is 7.68. The van der Waals surface area contributed by atoms with E-state index in [-0.39, 0.29) is 17.2 Å². The minimum atomic E-state index is -0.516. The van der Waals surface area contributed by atoms with Crippen LogP contribution in [0.1, 0.15) is 25.7 Å². The topological polar surface area (TPSA) is 108 Å². The molecule has 0 spiro atoms. The van der Waals surface area contributed by atoms with E-state index in [1.54, 1.807) is 0 Å². The van der Waals surface area contributed by atoms with Crippen molar-refractivity contribution in [3.05, 3.63) is 21.6 Å². The van der Waals surface area contributed by atoms with Gasteiger partial charge in [-0.3, -0.25) is 4.79 Å². The number of nitrogens with zero attached hydrogens (tertiary/aromatic N) is 2. The molecule has 2 heterocycles. The van der Waals surface area contributed by atoms with E-state index < -0.39 is 17.8 Å². The van der Waals surface area contributed by atoms with Crippen molar-refractivity contribution >= 4 is 23.4 Å². The molecule has 9 heteroatoms. The normalized spacial score (nSPS) is 27.2. The highest BCUT2D eigenvalue weighted by Crippen LogP contribution is 2.26. The molecule has 2 fully saturated rings. The molecule has 23 heavy (non-hydrogen) atoms. The van der Waals surface area contributed by atoms with E-state index in [1.807, 2.05) is 4.90 Å². The van der Waals surface area contributed by atoms with Crippen LogP contribution < -0.4 is 15.8 Å². The molecule has 0 aromatic carbocycles. The van der Waals surface area contributed by atoms with E-state index in [0.29, 0.717) is 31.6 Å². The number of amides is 1. The number of ether oxygens (including phenoxy) is 1. The lowest BCUT2D eigenvalue weighted by Gasteiger charge is -2.20. The van der Waals surface area contributed by atoms with Gasteiger partial charge in [0.25, 0.3) is 5.56 Å². The number of hydrogen-bond donors (Lipinski definition) is 3. The highest BCUT2D eigenvalue weighted by atomic mass is 35.5. The molecule has 0 unspecified atom stereocenters. The van der Waals surface area contributed by atoms with Gasteiger partial charge in [0.05, 0.1) is 30.6 Å². The highest BCUT2D eigenvalue weighted by Gasteiger charge is 2.31. The Morgan fingerprint density at radius 3 is 3.04 bits per heavy atom. The lowest BCUT2D eigenvalue weighted by Crippen LogP contribution is -2.41. The fourth-order valence-electron chi connectivity index (χ4n) is 3.08. The summed E-state index contributed by atoms with van der Waals surface area (Å²) >= 11 is 5.98. The number of carbonyl (C=O) groups excluding carboxylic acids is 1. The van der Waals surface area contributed by atoms with E-state index >= 15 is 0 Å². The summed E-state index contributed by atoms with van der Waals surface area (Å²) in [5, 5.41) is 18.5. The standard InChI is InChI=1S/C14H19ClN4O4/c15-12-10(6-16-18-13(12)21)19-5-4-8(7-19)23-14(22)17-9-2-1-3-11(9)20/h6,8-9,11,20H,1-5,7H2,(H,17,22)(H,18,21)/t8-,9+,11-/m1/s1. The average Bonchev–Trinajstić information content (AvgIpc) is 3.12. The predicted molar refractivity (Wildman–Crippen MR) is 83.7 cm³/mol. The van der Waals surface area contributed by atoms with Crippen molar-refractivity contribution in [2.24, 2.45) is 0 Å². The largest absolute Gasteiger partial charge is 0.444 e. The number of aliphatic hydroxyl groups excluding tert-OH is 1. The number of anilines is 1. The Bertz CT molecular complexity index is 637. The van der Waals surface area contributed by atoms with Gasteiger partial charge >= 0.3 is 6.09 Å². The first-order valence-corrected chi connectivity index (χ1v) is 8.05. The second-order valence-corrected chi connectivity index (χ2v) is 6.29. The van der Waals surface area contributed by atoms with Crippen molar-refractivity contribution in [2.75, 3.05) is 18.0 Å². The molecule has 1 aromatic rings. The Kier molecular flexibility index (Phi) is 4.72. The Hall–Kier alpha value is -1.80. The van der Waals surface area contributed by atoms with E-state index in [9.17, 15) is 14.7 Å². The van der Waals surface area contributed by atoms with Crippen LogP contribution in [0.3, 0.4) is 0 Å². The monoisotopic (exact) mass is 342 g/mol. The zero-order chi connectivity index (χ0) is 16.4. The number of H-pyrrole nitrogens is 1. The molecule has 126 valence electrons. The number of carbonyl (C=O) groups is 1. The Morgan fingerprint density at radius 1 is 1.48 bits per heavy atom. The summed E-state index contributed by atoms with van der Waals surface area (Å²) in [5.74, 6) is 0. The summed E-state index contributed by atoms with van der Waals surface area (Å²) in [6.07, 6.45) is 3.20. The van der Waals surface area contributed by atoms with Crippen LogP contribution in [0.15, 0.2) is 11.0 Å². The van der Waals surface area contributed by atoms with Gasteiger partial charge in [0.2, 0.25) is 0 Å². The molecule has 0 radical (unpaired) electrons. The van der Waals surface area contributed by atoms with Crippen LogP contribution in [0.2, 0.25) is 5.02 Å². The van der Waals surface area contributed by atoms with Gasteiger partial charge in [-0.1, -0.05) is 11.6 Å². The number of rotatable bonds is 3. The molecule has 8 nitrogen and oxygen atoms in total. The smallest absolute Gasteiger partial charge is 0.407 e. The van der Waals surface area contributed by atoms with Crippen molar-refractivity contribution in [1.82, 2.24) is 15.5 Å². The van der Waals surface area contributed by atoms with Crippen LogP contribution in [0.5, 0.6) is 0 Å². The molecule has 0 bridgehead atoms. The number of halogens is 1. The molecule has 1 aliphatic carbocycles. The summed E-state index contributed by atoms with van der Waals surface area (Å²) in [7, 11) is 0. The second kappa shape index (κ2) is 6.76. The molecule has 1 aromatic heterocycles. The zero-order valence-electron chi connectivity index (χ0n) is 12.5. The van der Waals surface area contributed by atoms with Crippen molar-refractivity contribution < 1.29 is 14.6 Å². The van der Waals surface area contributed by atoms with Crippen molar-refractivity contribution in [3.63, 3.8) is 0 Å². The predicted octanol–water partition coefficient (Wildman–Crippen LogP) is 0.642. The van der Waals surface area contributed by atoms with Crippen LogP contribution in [0.4, 0.5) is 10.5 Å². The Labute approximate surface area is 137 Å². The third-order valence-corrected chi connectivity index (χ3v) is 4.68. The van der Waals surface area contributed by atoms with Gasteiger partial charge in [-0.15, -0.1) is 0 Å². The molecule has 1 aliphatic heterocycles. The minimum absolute atomic E-state index is 0.0826. The molecule has 1 amide bonds. The van der Waals surface area contributed by atoms with Gasteiger partial charge in [-0.25, -0.2) is 9.89 Å². The number of aromatic nitrogens is 2. The van der Waals surface area contributed by atoms with Gasteiger partial charge in [0.1, 0.15) is 11.1 Å².